The smallest absolute Gasteiger partial charge is 0.339 e. The molecule has 1 fully saturated rings. The fraction of sp³-hybridized carbons (Fsp3) is 0.333. The second-order valence-electron chi connectivity index (χ2n) is 9.60. The van der Waals surface area contributed by atoms with Crippen LogP contribution in [-0.2, 0) is 11.2 Å². The Labute approximate surface area is 226 Å². The SMILES string of the molecule is COc1cc(CC(=O)NC(c2cccc(C)c2)c2c(C)cccc2N2CCCCC2)c(Br)cc1C(=O)O. The van der Waals surface area contributed by atoms with Crippen molar-refractivity contribution in [3.05, 3.63) is 92.5 Å². The summed E-state index contributed by atoms with van der Waals surface area (Å²) in [5.41, 5.74) is 6.26. The number of rotatable bonds is 8. The van der Waals surface area contributed by atoms with E-state index in [9.17, 15) is 14.7 Å². The minimum absolute atomic E-state index is 0.0438. The van der Waals surface area contributed by atoms with Gasteiger partial charge in [0.15, 0.2) is 0 Å². The molecule has 194 valence electrons. The number of anilines is 1. The van der Waals surface area contributed by atoms with Crippen molar-refractivity contribution in [2.75, 3.05) is 25.1 Å². The summed E-state index contributed by atoms with van der Waals surface area (Å²) < 4.78 is 5.83. The number of halogens is 1. The zero-order chi connectivity index (χ0) is 26.5. The lowest BCUT2D eigenvalue weighted by molar-refractivity contribution is -0.120. The first-order valence-corrected chi connectivity index (χ1v) is 13.4. The lowest BCUT2D eigenvalue weighted by Crippen LogP contribution is -2.35. The van der Waals surface area contributed by atoms with E-state index in [1.54, 1.807) is 6.07 Å². The molecule has 1 aliphatic rings. The van der Waals surface area contributed by atoms with Crippen molar-refractivity contribution in [1.29, 1.82) is 0 Å². The Balaban J connectivity index is 1.71. The average Bonchev–Trinajstić information content (AvgIpc) is 2.88. The number of piperidine rings is 1. The highest BCUT2D eigenvalue weighted by Gasteiger charge is 2.26. The number of amides is 1. The summed E-state index contributed by atoms with van der Waals surface area (Å²) in [6.07, 6.45) is 3.65. The van der Waals surface area contributed by atoms with Gasteiger partial charge in [0.2, 0.25) is 5.91 Å². The number of nitrogens with one attached hydrogen (secondary N) is 1. The van der Waals surface area contributed by atoms with Crippen molar-refractivity contribution >= 4 is 33.5 Å². The molecule has 1 atom stereocenters. The van der Waals surface area contributed by atoms with Gasteiger partial charge in [0, 0.05) is 28.8 Å². The van der Waals surface area contributed by atoms with E-state index in [-0.39, 0.29) is 29.7 Å². The maximum Gasteiger partial charge on any atom is 0.339 e. The fourth-order valence-electron chi connectivity index (χ4n) is 5.08. The second-order valence-corrected chi connectivity index (χ2v) is 10.5. The van der Waals surface area contributed by atoms with E-state index in [1.807, 2.05) is 6.07 Å². The average molecular weight is 566 g/mol. The molecule has 0 aromatic heterocycles. The van der Waals surface area contributed by atoms with Crippen LogP contribution >= 0.6 is 15.9 Å². The minimum atomic E-state index is -1.09. The summed E-state index contributed by atoms with van der Waals surface area (Å²) in [7, 11) is 1.42. The van der Waals surface area contributed by atoms with Crippen LogP contribution in [0.25, 0.3) is 0 Å². The van der Waals surface area contributed by atoms with Gasteiger partial charge in [0.25, 0.3) is 0 Å². The fourth-order valence-corrected chi connectivity index (χ4v) is 5.56. The lowest BCUT2D eigenvalue weighted by atomic mass is 9.91. The molecule has 0 spiro atoms. The van der Waals surface area contributed by atoms with Gasteiger partial charge in [-0.25, -0.2) is 4.79 Å². The van der Waals surface area contributed by atoms with Gasteiger partial charge in [-0.05, 0) is 68.0 Å². The number of ether oxygens (including phenoxy) is 1. The molecule has 1 unspecified atom stereocenters. The van der Waals surface area contributed by atoms with Crippen LogP contribution in [0.5, 0.6) is 5.75 Å². The molecule has 3 aromatic rings. The highest BCUT2D eigenvalue weighted by molar-refractivity contribution is 9.10. The Bertz CT molecular complexity index is 1300. The molecule has 1 saturated heterocycles. The zero-order valence-corrected chi connectivity index (χ0v) is 23.1. The molecule has 1 amide bonds. The predicted octanol–water partition coefficient (Wildman–Crippen LogP) is 6.21. The van der Waals surface area contributed by atoms with Crippen molar-refractivity contribution in [3.63, 3.8) is 0 Å². The third kappa shape index (κ3) is 6.16. The maximum absolute atomic E-state index is 13.5. The van der Waals surface area contributed by atoms with Gasteiger partial charge in [-0.15, -0.1) is 0 Å². The van der Waals surface area contributed by atoms with E-state index in [0.29, 0.717) is 10.0 Å². The summed E-state index contributed by atoms with van der Waals surface area (Å²) >= 11 is 3.44. The van der Waals surface area contributed by atoms with Gasteiger partial charge in [-0.1, -0.05) is 57.9 Å². The molecular formula is C30H33BrN2O4. The van der Waals surface area contributed by atoms with E-state index < -0.39 is 5.97 Å². The summed E-state index contributed by atoms with van der Waals surface area (Å²) in [5, 5.41) is 12.8. The highest BCUT2D eigenvalue weighted by Crippen LogP contribution is 2.36. The van der Waals surface area contributed by atoms with E-state index >= 15 is 0 Å². The molecule has 7 heteroatoms. The second kappa shape index (κ2) is 11.8. The van der Waals surface area contributed by atoms with Crippen LogP contribution in [0.4, 0.5) is 5.69 Å². The quantitative estimate of drug-likeness (QED) is 0.340. The van der Waals surface area contributed by atoms with Gasteiger partial charge in [-0.2, -0.15) is 0 Å². The van der Waals surface area contributed by atoms with Crippen LogP contribution < -0.4 is 15.0 Å². The van der Waals surface area contributed by atoms with Gasteiger partial charge in [0.1, 0.15) is 11.3 Å². The molecule has 0 aliphatic carbocycles. The van der Waals surface area contributed by atoms with E-state index in [2.05, 4.69) is 76.4 Å². The monoisotopic (exact) mass is 564 g/mol. The standard InChI is InChI=1S/C30H33BrN2O4/c1-19-9-7-11-21(15-19)29(28-20(2)10-8-12-25(28)33-13-5-4-6-14-33)32-27(34)17-22-16-26(37-3)23(30(35)36)18-24(22)31/h7-12,15-16,18,29H,4-6,13-14,17H2,1-3H3,(H,32,34)(H,35,36). The van der Waals surface area contributed by atoms with Crippen LogP contribution in [-0.4, -0.2) is 37.2 Å². The molecular weight excluding hydrogens is 532 g/mol. The zero-order valence-electron chi connectivity index (χ0n) is 21.5. The van der Waals surface area contributed by atoms with Gasteiger partial charge >= 0.3 is 5.97 Å². The maximum atomic E-state index is 13.5. The number of hydrogen-bond donors (Lipinski definition) is 2. The number of aryl methyl sites for hydroxylation is 2. The van der Waals surface area contributed by atoms with Gasteiger partial charge < -0.3 is 20.1 Å². The molecule has 0 radical (unpaired) electrons. The topological polar surface area (TPSA) is 78.9 Å². The number of carboxylic acid groups (broad SMARTS) is 1. The largest absolute Gasteiger partial charge is 0.496 e. The van der Waals surface area contributed by atoms with E-state index in [4.69, 9.17) is 4.74 Å². The van der Waals surface area contributed by atoms with Crippen molar-refractivity contribution in [3.8, 4) is 5.75 Å². The van der Waals surface area contributed by atoms with E-state index in [1.165, 1.54) is 25.3 Å². The summed E-state index contributed by atoms with van der Waals surface area (Å²) in [5.74, 6) is -1.02. The minimum Gasteiger partial charge on any atom is -0.496 e. The van der Waals surface area contributed by atoms with Crippen LogP contribution in [0.3, 0.4) is 0 Å². The molecule has 6 nitrogen and oxygen atoms in total. The first kappa shape index (κ1) is 26.7. The normalized spacial score (nSPS) is 14.2. The van der Waals surface area contributed by atoms with E-state index in [0.717, 1.165) is 48.2 Å². The first-order chi connectivity index (χ1) is 17.8. The Morgan fingerprint density at radius 2 is 1.78 bits per heavy atom. The Morgan fingerprint density at radius 1 is 1.05 bits per heavy atom. The molecule has 4 rings (SSSR count). The molecule has 0 saturated carbocycles. The number of carbonyl (C=O) groups is 2. The Kier molecular flexibility index (Phi) is 8.54. The van der Waals surface area contributed by atoms with Crippen LogP contribution in [0.2, 0.25) is 0 Å². The van der Waals surface area contributed by atoms with Crippen molar-refractivity contribution in [1.82, 2.24) is 5.32 Å². The molecule has 3 aromatic carbocycles. The third-order valence-electron chi connectivity index (χ3n) is 6.92. The summed E-state index contributed by atoms with van der Waals surface area (Å²) in [6.45, 7) is 6.17. The Morgan fingerprint density at radius 3 is 2.46 bits per heavy atom. The van der Waals surface area contributed by atoms with Crippen molar-refractivity contribution in [2.45, 2.75) is 45.6 Å². The molecule has 2 N–H and O–H groups in total. The lowest BCUT2D eigenvalue weighted by Gasteiger charge is -2.34. The summed E-state index contributed by atoms with van der Waals surface area (Å²) in [4.78, 5) is 27.5. The number of hydrogen-bond acceptors (Lipinski definition) is 4. The highest BCUT2D eigenvalue weighted by atomic mass is 79.9. The molecule has 1 aliphatic heterocycles. The molecule has 1 heterocycles. The number of nitrogens with zero attached hydrogens (tertiary/aromatic N) is 1. The Hall–Kier alpha value is -3.32. The van der Waals surface area contributed by atoms with Crippen molar-refractivity contribution < 1.29 is 19.4 Å². The number of aromatic carboxylic acids is 1. The molecule has 0 bridgehead atoms. The molecule has 37 heavy (non-hydrogen) atoms. The number of carbonyl (C=O) groups excluding carboxylic acids is 1. The van der Waals surface area contributed by atoms with Crippen LogP contribution in [0, 0.1) is 13.8 Å². The number of carboxylic acids is 1. The third-order valence-corrected chi connectivity index (χ3v) is 7.66. The number of methoxy groups -OCH3 is 1. The van der Waals surface area contributed by atoms with Gasteiger partial charge in [-0.3, -0.25) is 4.79 Å². The number of benzene rings is 3. The predicted molar refractivity (Wildman–Crippen MR) is 150 cm³/mol. The first-order valence-electron chi connectivity index (χ1n) is 12.6. The van der Waals surface area contributed by atoms with Crippen LogP contribution in [0.1, 0.15) is 63.5 Å². The van der Waals surface area contributed by atoms with Crippen LogP contribution in [0.15, 0.2) is 59.1 Å². The van der Waals surface area contributed by atoms with Crippen molar-refractivity contribution in [2.24, 2.45) is 0 Å². The summed E-state index contributed by atoms with van der Waals surface area (Å²) in [6, 6.07) is 17.4. The van der Waals surface area contributed by atoms with Gasteiger partial charge in [0.05, 0.1) is 19.6 Å².